The normalized spacial score (nSPS) is 16.0. The Balaban J connectivity index is 1.85. The molecule has 7 nitrogen and oxygen atoms in total. The van der Waals surface area contributed by atoms with Gasteiger partial charge in [0.2, 0.25) is 5.88 Å². The summed E-state index contributed by atoms with van der Waals surface area (Å²) in [6.07, 6.45) is 1.74. The molecule has 0 aromatic carbocycles. The highest BCUT2D eigenvalue weighted by molar-refractivity contribution is 5.79. The van der Waals surface area contributed by atoms with Gasteiger partial charge in [0.05, 0.1) is 26.4 Å². The van der Waals surface area contributed by atoms with Crippen LogP contribution in [0.15, 0.2) is 23.3 Å². The van der Waals surface area contributed by atoms with Gasteiger partial charge in [0, 0.05) is 44.5 Å². The molecule has 1 aliphatic rings. The van der Waals surface area contributed by atoms with E-state index in [1.165, 1.54) is 0 Å². The highest BCUT2D eigenvalue weighted by Gasteiger charge is 2.10. The van der Waals surface area contributed by atoms with Gasteiger partial charge in [-0.2, -0.15) is 0 Å². The first-order chi connectivity index (χ1) is 11.8. The molecule has 7 heteroatoms. The maximum atomic E-state index is 5.55. The van der Waals surface area contributed by atoms with E-state index < -0.39 is 0 Å². The van der Waals surface area contributed by atoms with Crippen LogP contribution >= 0.6 is 0 Å². The van der Waals surface area contributed by atoms with Crippen molar-refractivity contribution in [2.75, 3.05) is 52.5 Å². The predicted molar refractivity (Wildman–Crippen MR) is 95.5 cm³/mol. The molecule has 0 amide bonds. The second kappa shape index (κ2) is 10.8. The molecule has 2 rings (SSSR count). The molecule has 134 valence electrons. The fraction of sp³-hybridized carbons (Fsp3) is 0.647. The number of guanidine groups is 1. The van der Waals surface area contributed by atoms with Crippen LogP contribution in [-0.2, 0) is 11.3 Å². The molecule has 0 spiro atoms. The van der Waals surface area contributed by atoms with Gasteiger partial charge >= 0.3 is 0 Å². The van der Waals surface area contributed by atoms with Crippen molar-refractivity contribution in [2.24, 2.45) is 4.99 Å². The first-order valence-electron chi connectivity index (χ1n) is 8.72. The zero-order chi connectivity index (χ0) is 17.0. The van der Waals surface area contributed by atoms with E-state index in [1.54, 1.807) is 6.20 Å². The minimum atomic E-state index is 0.538. The number of rotatable bonds is 8. The molecule has 2 heterocycles. The van der Waals surface area contributed by atoms with Crippen LogP contribution in [0.4, 0.5) is 0 Å². The van der Waals surface area contributed by atoms with E-state index >= 15 is 0 Å². The van der Waals surface area contributed by atoms with Gasteiger partial charge < -0.3 is 20.1 Å². The van der Waals surface area contributed by atoms with Gasteiger partial charge in [0.15, 0.2) is 5.96 Å². The smallest absolute Gasteiger partial charge is 0.218 e. The molecule has 1 fully saturated rings. The third-order valence-electron chi connectivity index (χ3n) is 3.71. The van der Waals surface area contributed by atoms with E-state index in [2.05, 4.69) is 32.4 Å². The number of aliphatic imine (C=N–C) groups is 1. The van der Waals surface area contributed by atoms with Crippen LogP contribution < -0.4 is 15.4 Å². The molecule has 0 unspecified atom stereocenters. The lowest BCUT2D eigenvalue weighted by molar-refractivity contribution is 0.0389. The summed E-state index contributed by atoms with van der Waals surface area (Å²) < 4.78 is 10.9. The first kappa shape index (κ1) is 18.5. The first-order valence-corrected chi connectivity index (χ1v) is 8.72. The van der Waals surface area contributed by atoms with Crippen molar-refractivity contribution in [3.63, 3.8) is 0 Å². The number of ether oxygens (including phenoxy) is 2. The van der Waals surface area contributed by atoms with Crippen LogP contribution in [0, 0.1) is 0 Å². The third-order valence-corrected chi connectivity index (χ3v) is 3.71. The van der Waals surface area contributed by atoms with Gasteiger partial charge in [-0.15, -0.1) is 0 Å². The van der Waals surface area contributed by atoms with E-state index in [9.17, 15) is 0 Å². The van der Waals surface area contributed by atoms with E-state index in [-0.39, 0.29) is 0 Å². The number of nitrogens with zero attached hydrogens (tertiary/aromatic N) is 3. The quantitative estimate of drug-likeness (QED) is 0.543. The Labute approximate surface area is 144 Å². The highest BCUT2D eigenvalue weighted by atomic mass is 16.5. The van der Waals surface area contributed by atoms with Gasteiger partial charge in [-0.05, 0) is 19.9 Å². The van der Waals surface area contributed by atoms with E-state index in [1.807, 2.05) is 19.1 Å². The zero-order valence-corrected chi connectivity index (χ0v) is 14.8. The predicted octanol–water partition coefficient (Wildman–Crippen LogP) is 0.868. The molecule has 2 N–H and O–H groups in total. The van der Waals surface area contributed by atoms with Crippen molar-refractivity contribution in [2.45, 2.75) is 20.4 Å². The maximum Gasteiger partial charge on any atom is 0.218 e. The molecular weight excluding hydrogens is 306 g/mol. The van der Waals surface area contributed by atoms with Gasteiger partial charge in [-0.25, -0.2) is 9.98 Å². The minimum Gasteiger partial charge on any atom is -0.478 e. The molecule has 0 bridgehead atoms. The van der Waals surface area contributed by atoms with Gasteiger partial charge in [-0.3, -0.25) is 4.90 Å². The number of morpholine rings is 1. The summed E-state index contributed by atoms with van der Waals surface area (Å²) in [5.74, 6) is 1.48. The number of hydrogen-bond donors (Lipinski definition) is 2. The number of aromatic nitrogens is 1. The van der Waals surface area contributed by atoms with Crippen LogP contribution in [0.2, 0.25) is 0 Å². The maximum absolute atomic E-state index is 5.55. The topological polar surface area (TPSA) is 71.0 Å². The second-order valence-corrected chi connectivity index (χ2v) is 5.48. The molecule has 1 aliphatic heterocycles. The van der Waals surface area contributed by atoms with Crippen molar-refractivity contribution in [3.8, 4) is 5.88 Å². The van der Waals surface area contributed by atoms with E-state index in [0.29, 0.717) is 19.0 Å². The average Bonchev–Trinajstić information content (AvgIpc) is 2.62. The molecule has 1 saturated heterocycles. The van der Waals surface area contributed by atoms with Crippen LogP contribution in [0.25, 0.3) is 0 Å². The molecule has 1 aromatic rings. The van der Waals surface area contributed by atoms with E-state index in [0.717, 1.165) is 57.5 Å². The molecular formula is C17H29N5O2. The molecule has 0 radical (unpaired) electrons. The van der Waals surface area contributed by atoms with Gasteiger partial charge in [0.25, 0.3) is 0 Å². The average molecular weight is 335 g/mol. The second-order valence-electron chi connectivity index (χ2n) is 5.48. The standard InChI is InChI=1S/C17H29N5O2/c1-3-18-17(20-8-9-22-10-12-23-13-11-22)21-14-15-6-5-7-19-16(15)24-4-2/h5-7H,3-4,8-14H2,1-2H3,(H2,18,20,21). The Morgan fingerprint density at radius 3 is 2.92 bits per heavy atom. The van der Waals surface area contributed by atoms with Crippen LogP contribution in [0.3, 0.4) is 0 Å². The fourth-order valence-electron chi connectivity index (χ4n) is 2.47. The summed E-state index contributed by atoms with van der Waals surface area (Å²) in [5.41, 5.74) is 0.990. The molecule has 24 heavy (non-hydrogen) atoms. The number of nitrogens with one attached hydrogen (secondary N) is 2. The summed E-state index contributed by atoms with van der Waals surface area (Å²) in [5, 5.41) is 6.66. The van der Waals surface area contributed by atoms with Crippen molar-refractivity contribution in [3.05, 3.63) is 23.9 Å². The highest BCUT2D eigenvalue weighted by Crippen LogP contribution is 2.15. The van der Waals surface area contributed by atoms with Crippen molar-refractivity contribution in [1.82, 2.24) is 20.5 Å². The van der Waals surface area contributed by atoms with E-state index in [4.69, 9.17) is 9.47 Å². The molecule has 1 aromatic heterocycles. The van der Waals surface area contributed by atoms with Crippen molar-refractivity contribution < 1.29 is 9.47 Å². The summed E-state index contributed by atoms with van der Waals surface area (Å²) in [4.78, 5) is 11.3. The lowest BCUT2D eigenvalue weighted by atomic mass is 10.3. The van der Waals surface area contributed by atoms with Crippen molar-refractivity contribution in [1.29, 1.82) is 0 Å². The van der Waals surface area contributed by atoms with Crippen LogP contribution in [-0.4, -0.2) is 68.4 Å². The monoisotopic (exact) mass is 335 g/mol. The Bertz CT molecular complexity index is 504. The molecule has 0 aliphatic carbocycles. The Hall–Kier alpha value is -1.86. The largest absolute Gasteiger partial charge is 0.478 e. The zero-order valence-electron chi connectivity index (χ0n) is 14.8. The van der Waals surface area contributed by atoms with Crippen LogP contribution in [0.5, 0.6) is 5.88 Å². The number of hydrogen-bond acceptors (Lipinski definition) is 5. The van der Waals surface area contributed by atoms with Crippen LogP contribution in [0.1, 0.15) is 19.4 Å². The summed E-state index contributed by atoms with van der Waals surface area (Å²) in [6.45, 7) is 11.5. The summed E-state index contributed by atoms with van der Waals surface area (Å²) in [6, 6.07) is 3.91. The van der Waals surface area contributed by atoms with Crippen molar-refractivity contribution >= 4 is 5.96 Å². The Kier molecular flexibility index (Phi) is 8.34. The molecule has 0 saturated carbocycles. The third kappa shape index (κ3) is 6.33. The Morgan fingerprint density at radius 2 is 2.17 bits per heavy atom. The Morgan fingerprint density at radius 1 is 1.33 bits per heavy atom. The molecule has 0 atom stereocenters. The van der Waals surface area contributed by atoms with Gasteiger partial charge in [0.1, 0.15) is 0 Å². The lowest BCUT2D eigenvalue weighted by Gasteiger charge is -2.26. The SMILES string of the molecule is CCNC(=NCc1cccnc1OCC)NCCN1CCOCC1. The number of pyridine rings is 1. The lowest BCUT2D eigenvalue weighted by Crippen LogP contribution is -2.44. The minimum absolute atomic E-state index is 0.538. The summed E-state index contributed by atoms with van der Waals surface area (Å²) in [7, 11) is 0. The van der Waals surface area contributed by atoms with Gasteiger partial charge in [-0.1, -0.05) is 6.07 Å². The summed E-state index contributed by atoms with van der Waals surface area (Å²) >= 11 is 0. The fourth-order valence-corrected chi connectivity index (χ4v) is 2.47.